The lowest BCUT2D eigenvalue weighted by Crippen LogP contribution is -2.49. The molecule has 0 aliphatic carbocycles. The summed E-state index contributed by atoms with van der Waals surface area (Å²) in [5.74, 6) is 0.539. The van der Waals surface area contributed by atoms with Crippen molar-refractivity contribution < 1.29 is 5.11 Å². The first kappa shape index (κ1) is 17.4. The van der Waals surface area contributed by atoms with Crippen LogP contribution in [0.25, 0.3) is 0 Å². The van der Waals surface area contributed by atoms with Gasteiger partial charge in [-0.15, -0.1) is 0 Å². The summed E-state index contributed by atoms with van der Waals surface area (Å²) in [5.41, 5.74) is -0.755. The Hall–Kier alpha value is -0.630. The van der Waals surface area contributed by atoms with Crippen molar-refractivity contribution in [1.29, 1.82) is 5.26 Å². The fraction of sp³-hybridized carbons (Fsp3) is 0.929. The van der Waals surface area contributed by atoms with E-state index in [9.17, 15) is 5.11 Å². The average molecular weight is 255 g/mol. The van der Waals surface area contributed by atoms with Crippen molar-refractivity contribution in [2.45, 2.75) is 52.7 Å². The van der Waals surface area contributed by atoms with E-state index in [-0.39, 0.29) is 0 Å². The summed E-state index contributed by atoms with van der Waals surface area (Å²) < 4.78 is 0. The van der Waals surface area contributed by atoms with Gasteiger partial charge in [-0.25, -0.2) is 0 Å². The van der Waals surface area contributed by atoms with Crippen LogP contribution in [-0.2, 0) is 0 Å². The van der Waals surface area contributed by atoms with Gasteiger partial charge in [0.2, 0.25) is 0 Å². The van der Waals surface area contributed by atoms with E-state index >= 15 is 0 Å². The van der Waals surface area contributed by atoms with E-state index in [4.69, 9.17) is 5.26 Å². The Morgan fingerprint density at radius 1 is 1.33 bits per heavy atom. The lowest BCUT2D eigenvalue weighted by Gasteiger charge is -2.33. The highest BCUT2D eigenvalue weighted by Crippen LogP contribution is 2.09. The Morgan fingerprint density at radius 3 is 2.39 bits per heavy atom. The number of nitrogens with one attached hydrogen (secondary N) is 1. The largest absolute Gasteiger partial charge is 0.388 e. The molecule has 18 heavy (non-hydrogen) atoms. The summed E-state index contributed by atoms with van der Waals surface area (Å²) in [6, 6.07) is 2.54. The summed E-state index contributed by atoms with van der Waals surface area (Å²) in [6.07, 6.45) is 0.514. The highest BCUT2D eigenvalue weighted by Gasteiger charge is 2.24. The Morgan fingerprint density at radius 2 is 1.94 bits per heavy atom. The molecule has 0 fully saturated rings. The highest BCUT2D eigenvalue weighted by molar-refractivity contribution is 4.83. The third kappa shape index (κ3) is 9.41. The molecule has 0 rings (SSSR count). The molecule has 0 bridgehead atoms. The SMILES string of the molecule is CC(C)CN(CCC#N)CC(C)(O)CNC(C)C. The highest BCUT2D eigenvalue weighted by atomic mass is 16.3. The van der Waals surface area contributed by atoms with Crippen molar-refractivity contribution in [2.24, 2.45) is 5.92 Å². The van der Waals surface area contributed by atoms with Crippen molar-refractivity contribution in [1.82, 2.24) is 10.2 Å². The zero-order valence-corrected chi connectivity index (χ0v) is 12.5. The molecular formula is C14H29N3O. The number of aliphatic hydroxyl groups is 1. The molecular weight excluding hydrogens is 226 g/mol. The van der Waals surface area contributed by atoms with Gasteiger partial charge in [0.05, 0.1) is 11.7 Å². The Labute approximate surface area is 112 Å². The van der Waals surface area contributed by atoms with Gasteiger partial charge in [-0.3, -0.25) is 4.90 Å². The van der Waals surface area contributed by atoms with E-state index in [0.717, 1.165) is 13.1 Å². The van der Waals surface area contributed by atoms with Gasteiger partial charge in [0, 0.05) is 38.6 Å². The molecule has 0 radical (unpaired) electrons. The minimum absolute atomic E-state index is 0.370. The molecule has 106 valence electrons. The summed E-state index contributed by atoms with van der Waals surface area (Å²) >= 11 is 0. The maximum atomic E-state index is 10.4. The topological polar surface area (TPSA) is 59.3 Å². The van der Waals surface area contributed by atoms with E-state index in [1.165, 1.54) is 0 Å². The summed E-state index contributed by atoms with van der Waals surface area (Å²) in [5, 5.41) is 22.3. The van der Waals surface area contributed by atoms with E-state index in [0.29, 0.717) is 31.5 Å². The molecule has 0 spiro atoms. The number of hydrogen-bond donors (Lipinski definition) is 2. The molecule has 4 nitrogen and oxygen atoms in total. The predicted octanol–water partition coefficient (Wildman–Crippen LogP) is 1.61. The number of rotatable bonds is 9. The fourth-order valence-corrected chi connectivity index (χ4v) is 1.92. The molecule has 4 heteroatoms. The summed E-state index contributed by atoms with van der Waals surface area (Å²) in [4.78, 5) is 2.18. The van der Waals surface area contributed by atoms with Gasteiger partial charge in [-0.2, -0.15) is 5.26 Å². The van der Waals surface area contributed by atoms with Gasteiger partial charge in [0.25, 0.3) is 0 Å². The lowest BCUT2D eigenvalue weighted by atomic mass is 10.0. The fourth-order valence-electron chi connectivity index (χ4n) is 1.92. The smallest absolute Gasteiger partial charge is 0.0869 e. The predicted molar refractivity (Wildman–Crippen MR) is 75.3 cm³/mol. The van der Waals surface area contributed by atoms with Crippen LogP contribution in [0.4, 0.5) is 0 Å². The van der Waals surface area contributed by atoms with Crippen LogP contribution in [0.15, 0.2) is 0 Å². The second-order valence-corrected chi connectivity index (χ2v) is 6.07. The number of nitrogens with zero attached hydrogens (tertiary/aromatic N) is 2. The van der Waals surface area contributed by atoms with Crippen molar-refractivity contribution in [2.75, 3.05) is 26.2 Å². The maximum Gasteiger partial charge on any atom is 0.0869 e. The lowest BCUT2D eigenvalue weighted by molar-refractivity contribution is 0.0161. The molecule has 0 aliphatic rings. The molecule has 0 saturated heterocycles. The van der Waals surface area contributed by atoms with Crippen LogP contribution in [0.1, 0.15) is 41.0 Å². The number of nitriles is 1. The first-order chi connectivity index (χ1) is 8.26. The second-order valence-electron chi connectivity index (χ2n) is 6.07. The van der Waals surface area contributed by atoms with Gasteiger partial charge in [-0.1, -0.05) is 27.7 Å². The van der Waals surface area contributed by atoms with Crippen LogP contribution in [0, 0.1) is 17.2 Å². The monoisotopic (exact) mass is 255 g/mol. The van der Waals surface area contributed by atoms with Crippen LogP contribution >= 0.6 is 0 Å². The van der Waals surface area contributed by atoms with Crippen molar-refractivity contribution in [3.05, 3.63) is 0 Å². The van der Waals surface area contributed by atoms with Gasteiger partial charge >= 0.3 is 0 Å². The summed E-state index contributed by atoms with van der Waals surface area (Å²) in [6.45, 7) is 13.1. The van der Waals surface area contributed by atoms with E-state index in [1.807, 2.05) is 6.92 Å². The molecule has 0 heterocycles. The third-order valence-electron chi connectivity index (χ3n) is 2.62. The second kappa shape index (κ2) is 8.47. The van der Waals surface area contributed by atoms with Crippen LogP contribution in [0.5, 0.6) is 0 Å². The quantitative estimate of drug-likeness (QED) is 0.657. The van der Waals surface area contributed by atoms with Crippen LogP contribution in [-0.4, -0.2) is 47.8 Å². The van der Waals surface area contributed by atoms with E-state index in [2.05, 4.69) is 44.0 Å². The van der Waals surface area contributed by atoms with Gasteiger partial charge in [0.1, 0.15) is 0 Å². The molecule has 0 aromatic heterocycles. The number of hydrogen-bond acceptors (Lipinski definition) is 4. The molecule has 0 amide bonds. The van der Waals surface area contributed by atoms with Gasteiger partial charge in [-0.05, 0) is 12.8 Å². The molecule has 0 aromatic rings. The zero-order valence-electron chi connectivity index (χ0n) is 12.5. The van der Waals surface area contributed by atoms with Crippen molar-refractivity contribution >= 4 is 0 Å². The molecule has 1 unspecified atom stereocenters. The molecule has 1 atom stereocenters. The third-order valence-corrected chi connectivity index (χ3v) is 2.62. The molecule has 2 N–H and O–H groups in total. The Bertz CT molecular complexity index is 256. The molecule has 0 aromatic carbocycles. The average Bonchev–Trinajstić information content (AvgIpc) is 2.22. The van der Waals surface area contributed by atoms with Crippen LogP contribution in [0.2, 0.25) is 0 Å². The standard InChI is InChI=1S/C14H29N3O/c1-12(2)9-17(8-6-7-15)11-14(5,18)10-16-13(3)4/h12-13,16,18H,6,8-11H2,1-5H3. The van der Waals surface area contributed by atoms with Crippen molar-refractivity contribution in [3.8, 4) is 6.07 Å². The first-order valence-electron chi connectivity index (χ1n) is 6.82. The maximum absolute atomic E-state index is 10.4. The Kier molecular flexibility index (Phi) is 8.17. The summed E-state index contributed by atoms with van der Waals surface area (Å²) in [7, 11) is 0. The van der Waals surface area contributed by atoms with E-state index in [1.54, 1.807) is 0 Å². The Balaban J connectivity index is 4.30. The van der Waals surface area contributed by atoms with Gasteiger partial charge < -0.3 is 10.4 Å². The first-order valence-corrected chi connectivity index (χ1v) is 6.82. The van der Waals surface area contributed by atoms with Crippen LogP contribution < -0.4 is 5.32 Å². The normalized spacial score (nSPS) is 15.1. The van der Waals surface area contributed by atoms with E-state index < -0.39 is 5.60 Å². The minimum atomic E-state index is -0.755. The van der Waals surface area contributed by atoms with Crippen LogP contribution in [0.3, 0.4) is 0 Å². The van der Waals surface area contributed by atoms with Gasteiger partial charge in [0.15, 0.2) is 0 Å². The van der Waals surface area contributed by atoms with Crippen molar-refractivity contribution in [3.63, 3.8) is 0 Å². The molecule has 0 aliphatic heterocycles. The molecule has 0 saturated carbocycles. The minimum Gasteiger partial charge on any atom is -0.388 e. The zero-order chi connectivity index (χ0) is 14.2.